The average molecular weight is 1910 g/mol. The summed E-state index contributed by atoms with van der Waals surface area (Å²) in [6.45, 7) is 41.7. The Morgan fingerprint density at radius 1 is 0.435 bits per heavy atom. The van der Waals surface area contributed by atoms with Gasteiger partial charge in [0.05, 0.1) is 121 Å². The van der Waals surface area contributed by atoms with Crippen LogP contribution in [0.1, 0.15) is 301 Å². The molecule has 5 N–H and O–H groups in total. The fraction of sp³-hybridized carbons (Fsp3) is 0.717. The lowest BCUT2D eigenvalue weighted by Gasteiger charge is -2.38. The van der Waals surface area contributed by atoms with Crippen LogP contribution in [0.3, 0.4) is 0 Å². The Kier molecular flexibility index (Phi) is 70.6. The third kappa shape index (κ3) is 56.7. The van der Waals surface area contributed by atoms with Crippen molar-refractivity contribution in [2.75, 3.05) is 106 Å². The van der Waals surface area contributed by atoms with E-state index in [0.717, 1.165) is 148 Å². The predicted octanol–water partition coefficient (Wildman–Crippen LogP) is 22.4. The molecule has 0 unspecified atom stereocenters. The fourth-order valence-electron chi connectivity index (χ4n) is 14.5. The van der Waals surface area contributed by atoms with Gasteiger partial charge in [0, 0.05) is 44.7 Å². The zero-order valence-corrected chi connectivity index (χ0v) is 82.6. The average Bonchev–Trinajstić information content (AvgIpc) is 0.759. The van der Waals surface area contributed by atoms with Gasteiger partial charge in [-0.3, -0.25) is 23.4 Å². The van der Waals surface area contributed by atoms with Gasteiger partial charge in [0.1, 0.15) is 40.8 Å². The summed E-state index contributed by atoms with van der Waals surface area (Å²) in [5.74, 6) is 5.36. The van der Waals surface area contributed by atoms with Gasteiger partial charge in [-0.15, -0.1) is 0 Å². The maximum atomic E-state index is 12.7. The normalized spacial score (nSPS) is 14.9. The van der Waals surface area contributed by atoms with E-state index in [9.17, 15) is 36.0 Å². The Morgan fingerprint density at radius 2 is 0.756 bits per heavy atom. The van der Waals surface area contributed by atoms with E-state index in [1.54, 1.807) is 24.3 Å². The number of halogens is 1. The minimum absolute atomic E-state index is 0. The smallest absolute Gasteiger partial charge is 0.311 e. The number of aliphatic carboxylic acids is 1. The summed E-state index contributed by atoms with van der Waals surface area (Å²) in [6, 6.07) is 12.8. The first kappa shape index (κ1) is 128. The molecule has 29 nitrogen and oxygen atoms in total. The van der Waals surface area contributed by atoms with Crippen LogP contribution in [0, 0.1) is 90.9 Å². The predicted molar refractivity (Wildman–Crippen MR) is 522 cm³/mol. The highest BCUT2D eigenvalue weighted by molar-refractivity contribution is 8.13. The number of fused-ring (bicyclic) bond motifs is 2. The molecule has 0 spiro atoms. The van der Waals surface area contributed by atoms with E-state index in [1.165, 1.54) is 121 Å². The number of aryl methyl sites for hydroxylation is 2. The molecule has 131 heavy (non-hydrogen) atoms. The Hall–Kier alpha value is -7.19. The van der Waals surface area contributed by atoms with Crippen LogP contribution in [-0.4, -0.2) is 183 Å². The highest BCUT2D eigenvalue weighted by atomic mass is 35.7. The van der Waals surface area contributed by atoms with Gasteiger partial charge < -0.3 is 68.2 Å². The number of aliphatic hydroxyl groups excluding tert-OH is 4. The van der Waals surface area contributed by atoms with Gasteiger partial charge in [-0.05, 0) is 225 Å². The minimum Gasteiger partial charge on any atom is -0.487 e. The molecule has 32 heteroatoms. The molecule has 752 valence electrons. The van der Waals surface area contributed by atoms with Gasteiger partial charge in [-0.1, -0.05) is 213 Å². The third-order valence-electron chi connectivity index (χ3n) is 22.5. The van der Waals surface area contributed by atoms with Crippen LogP contribution in [0.4, 0.5) is 0 Å². The summed E-state index contributed by atoms with van der Waals surface area (Å²) < 4.78 is 98.9. The molecule has 4 aromatic carbocycles. The zero-order valence-electron chi connectivity index (χ0n) is 80.2. The van der Waals surface area contributed by atoms with E-state index >= 15 is 0 Å². The Bertz CT molecular complexity index is 4160. The second-order valence-electron chi connectivity index (χ2n) is 35.0. The van der Waals surface area contributed by atoms with E-state index in [2.05, 4.69) is 94.0 Å². The number of rotatable bonds is 55. The Morgan fingerprint density at radius 3 is 1.11 bits per heavy atom. The van der Waals surface area contributed by atoms with E-state index < -0.39 is 43.0 Å². The summed E-state index contributed by atoms with van der Waals surface area (Å²) >= 11 is 0. The molecule has 4 aromatic rings. The molecular formula is C99H169ClN6O23S2. The molecule has 0 aromatic heterocycles. The molecule has 6 atom stereocenters. The Balaban J connectivity index is -0.00000170. The number of aliphatic hydroxyl groups is 4. The summed E-state index contributed by atoms with van der Waals surface area (Å²) in [5.41, 5.74) is 25.5. The molecule has 0 saturated heterocycles. The van der Waals surface area contributed by atoms with Gasteiger partial charge in [0.2, 0.25) is 0 Å². The summed E-state index contributed by atoms with van der Waals surface area (Å²) in [7, 11) is -2.17. The standard InChI is InChI=1S/C37H61N3O6.C33H54O5.C11H16O5S.C7H7ClO2S.C4H9N3O2.C4H10O3.3CH4/c1-26(2)12-9-13-27(3)14-10-15-28(4)16-11-20-37(8)21-19-32-31(7)35(29(5)30(6)36(32)46-37)45-34(42)18-17-33(41)44-25-24-43-23-22-39-40-38;1-22(2)12-9-13-23(3)14-10-15-24(4)16-11-20-33(8)21-19-28-27(7)31(25(5)26(6)32(28)38-33)37-30(36)18-17-29(34)35;1-10-2-4-11(5-3-10)17(13,14)16-9-8-15-7-6-12;1-6-2-4-7(5-3-6)11(8,9)10;5-7-6-1-3-9-4-2-8;5-1-3-7-4-2-6;;;/h26-28H,9-25H2,1-8H3;22-24H,9-21H2,1-8H3,(H,34,35);2-5,12H,6-9H2,1H3;2-5H,1H3;8H,1-4H2;5-6H,1-4H2;3*1H4/t27-,28-,37-;23-,24-,33-;;;;;;;/m11......./s1. The largest absolute Gasteiger partial charge is 0.487 e. The molecule has 6 rings (SSSR count). The van der Waals surface area contributed by atoms with Gasteiger partial charge >= 0.3 is 23.9 Å². The first-order valence-corrected chi connectivity index (χ1v) is 49.5. The van der Waals surface area contributed by atoms with Crippen LogP contribution in [0.25, 0.3) is 20.9 Å². The maximum absolute atomic E-state index is 12.7. The quantitative estimate of drug-likeness (QED) is 0.00400. The van der Waals surface area contributed by atoms with Gasteiger partial charge in [-0.2, -0.15) is 8.42 Å². The van der Waals surface area contributed by atoms with Crippen molar-refractivity contribution < 1.29 is 108 Å². The second kappa shape index (κ2) is 72.3. The number of carbonyl (C=O) groups is 4. The molecule has 2 heterocycles. The SMILES string of the molecule is C.C.C.Cc1c(C)c2c(c(C)c1OC(=O)CCC(=O)O)CC[C@@](C)(CCC[C@H](C)CCC[C@H](C)CCCC(C)C)O2.Cc1c(C)c2c(c(C)c1OC(=O)CCC(=O)OCCOCCN=[N+]=[N-])CC[C@@](C)(CCC[C@H](C)CCC[C@H](C)CCCC(C)C)O2.Cc1ccc(S(=O)(=O)Cl)cc1.Cc1ccc(S(=O)(=O)OCCOCCO)cc1.OCCOCCO.[N-]=[N+]=NCCOCCO. The van der Waals surface area contributed by atoms with Crippen LogP contribution >= 0.6 is 10.7 Å². The fourth-order valence-corrected chi connectivity index (χ4v) is 16.2. The van der Waals surface area contributed by atoms with Crippen molar-refractivity contribution in [3.05, 3.63) is 125 Å². The second-order valence-corrected chi connectivity index (χ2v) is 39.2. The van der Waals surface area contributed by atoms with E-state index in [-0.39, 0.29) is 142 Å². The molecule has 0 bridgehead atoms. The molecule has 0 aliphatic carbocycles. The van der Waals surface area contributed by atoms with Crippen LogP contribution in [-0.2, 0) is 79.1 Å². The molecule has 2 aliphatic heterocycles. The van der Waals surface area contributed by atoms with Crippen molar-refractivity contribution in [1.29, 1.82) is 0 Å². The van der Waals surface area contributed by atoms with Crippen LogP contribution in [0.5, 0.6) is 23.0 Å². The number of ether oxygens (including phenoxy) is 9. The van der Waals surface area contributed by atoms with Gasteiger partial charge in [0.25, 0.3) is 19.2 Å². The topological polar surface area (TPSA) is 428 Å². The number of esters is 3. The number of benzene rings is 4. The molecule has 0 amide bonds. The van der Waals surface area contributed by atoms with Crippen LogP contribution in [0.15, 0.2) is 68.6 Å². The molecule has 2 aliphatic rings. The van der Waals surface area contributed by atoms with Crippen LogP contribution < -0.4 is 18.9 Å². The Labute approximate surface area is 791 Å². The number of carboxylic acid groups (broad SMARTS) is 1. The molecular weight excluding hydrogens is 1740 g/mol. The van der Waals surface area contributed by atoms with E-state index in [1.807, 2.05) is 55.4 Å². The highest BCUT2D eigenvalue weighted by Crippen LogP contribution is 2.47. The lowest BCUT2D eigenvalue weighted by atomic mass is 9.83. The molecule has 0 radical (unpaired) electrons. The van der Waals surface area contributed by atoms with Crippen molar-refractivity contribution >= 4 is 53.7 Å². The number of hydrogen-bond donors (Lipinski definition) is 5. The van der Waals surface area contributed by atoms with Crippen molar-refractivity contribution in [2.45, 2.75) is 335 Å². The zero-order chi connectivity index (χ0) is 96.3. The highest BCUT2D eigenvalue weighted by Gasteiger charge is 2.37. The van der Waals surface area contributed by atoms with Gasteiger partial charge in [-0.25, -0.2) is 8.42 Å². The van der Waals surface area contributed by atoms with Crippen molar-refractivity contribution in [3.8, 4) is 23.0 Å². The number of azide groups is 2. The van der Waals surface area contributed by atoms with E-state index in [0.29, 0.717) is 44.5 Å². The lowest BCUT2D eigenvalue weighted by Crippen LogP contribution is -2.37. The minimum atomic E-state index is -3.71. The molecule has 0 fully saturated rings. The van der Waals surface area contributed by atoms with Crippen molar-refractivity contribution in [1.82, 2.24) is 0 Å². The number of carboxylic acids is 1. The monoisotopic (exact) mass is 1910 g/mol. The number of hydrogen-bond acceptors (Lipinski definition) is 24. The number of carbonyl (C=O) groups excluding carboxylic acids is 3. The molecule has 0 saturated carbocycles. The number of nitrogens with zero attached hydrogens (tertiary/aromatic N) is 6. The maximum Gasteiger partial charge on any atom is 0.311 e. The third-order valence-corrected chi connectivity index (χ3v) is 25.2. The van der Waals surface area contributed by atoms with Crippen molar-refractivity contribution in [3.63, 3.8) is 0 Å². The first-order valence-electron chi connectivity index (χ1n) is 45.7. The first-order chi connectivity index (χ1) is 60.6. The van der Waals surface area contributed by atoms with Crippen LogP contribution in [0.2, 0.25) is 0 Å². The van der Waals surface area contributed by atoms with E-state index in [4.69, 9.17) is 89.4 Å². The van der Waals surface area contributed by atoms with Crippen molar-refractivity contribution in [2.24, 2.45) is 45.7 Å². The van der Waals surface area contributed by atoms with Gasteiger partial charge in [0.15, 0.2) is 0 Å². The summed E-state index contributed by atoms with van der Waals surface area (Å²) in [6.07, 6.45) is 26.2. The summed E-state index contributed by atoms with van der Waals surface area (Å²) in [5, 5.41) is 48.2. The lowest BCUT2D eigenvalue weighted by molar-refractivity contribution is -0.148. The summed E-state index contributed by atoms with van der Waals surface area (Å²) in [4.78, 5) is 53.2.